The molecule has 1 heterocycles. The first kappa shape index (κ1) is 23.8. The number of benzene rings is 1. The molecule has 1 aromatic carbocycles. The summed E-state index contributed by atoms with van der Waals surface area (Å²) in [5.74, 6) is 0.934. The van der Waals surface area contributed by atoms with E-state index in [1.54, 1.807) is 14.0 Å². The monoisotopic (exact) mass is 420 g/mol. The molecule has 5 nitrogen and oxygen atoms in total. The van der Waals surface area contributed by atoms with Gasteiger partial charge in [-0.3, -0.25) is 4.79 Å². The summed E-state index contributed by atoms with van der Waals surface area (Å²) in [6, 6.07) is 7.83. The molecule has 3 unspecified atom stereocenters. The fourth-order valence-corrected chi connectivity index (χ4v) is 3.84. The van der Waals surface area contributed by atoms with Gasteiger partial charge in [-0.2, -0.15) is 0 Å². The molecule has 0 saturated heterocycles. The molecule has 0 saturated carbocycles. The molecule has 1 aromatic rings. The highest BCUT2D eigenvalue weighted by Crippen LogP contribution is 2.37. The molecule has 0 N–H and O–H groups in total. The highest BCUT2D eigenvalue weighted by Gasteiger charge is 2.39. The first-order valence-corrected chi connectivity index (χ1v) is 13.1. The standard InChI is InChI=1S/C23H36O5Si/c1-17(24)14-20-12-13-21(26-15-18-8-10-19(25-5)11-9-18)22(28-20)16-27-29(6,7)23(2,3)4/h8-13,20-22H,14-16H2,1-7H3. The molecule has 0 aliphatic carbocycles. The van der Waals surface area contributed by atoms with Crippen molar-refractivity contribution in [1.29, 1.82) is 0 Å². The smallest absolute Gasteiger partial charge is 0.192 e. The van der Waals surface area contributed by atoms with Gasteiger partial charge < -0.3 is 18.6 Å². The molecule has 1 aliphatic rings. The highest BCUT2D eigenvalue weighted by atomic mass is 28.4. The van der Waals surface area contributed by atoms with E-state index in [1.807, 2.05) is 36.4 Å². The Morgan fingerprint density at radius 3 is 2.34 bits per heavy atom. The lowest BCUT2D eigenvalue weighted by Gasteiger charge is -2.39. The molecule has 0 fully saturated rings. The summed E-state index contributed by atoms with van der Waals surface area (Å²) in [6.07, 6.45) is 3.64. The quantitative estimate of drug-likeness (QED) is 0.420. The Morgan fingerprint density at radius 2 is 1.79 bits per heavy atom. The van der Waals surface area contributed by atoms with E-state index < -0.39 is 8.32 Å². The molecule has 0 bridgehead atoms. The van der Waals surface area contributed by atoms with Crippen molar-refractivity contribution in [3.8, 4) is 5.75 Å². The van der Waals surface area contributed by atoms with Crippen LogP contribution in [-0.4, -0.2) is 46.1 Å². The van der Waals surface area contributed by atoms with E-state index in [-0.39, 0.29) is 29.1 Å². The molecule has 1 aliphatic heterocycles. The number of rotatable bonds is 9. The zero-order valence-corrected chi connectivity index (χ0v) is 19.9. The second kappa shape index (κ2) is 10.0. The second-order valence-corrected chi connectivity index (χ2v) is 14.0. The maximum absolute atomic E-state index is 11.5. The maximum Gasteiger partial charge on any atom is 0.192 e. The Hall–Kier alpha value is -1.47. The van der Waals surface area contributed by atoms with Gasteiger partial charge in [0, 0.05) is 6.42 Å². The van der Waals surface area contributed by atoms with E-state index in [4.69, 9.17) is 18.6 Å². The minimum Gasteiger partial charge on any atom is -0.497 e. The summed E-state index contributed by atoms with van der Waals surface area (Å²) in [5, 5.41) is 0.121. The molecule has 0 spiro atoms. The van der Waals surface area contributed by atoms with Gasteiger partial charge >= 0.3 is 0 Å². The fraction of sp³-hybridized carbons (Fsp3) is 0.609. The van der Waals surface area contributed by atoms with Crippen LogP contribution in [0.1, 0.15) is 39.7 Å². The van der Waals surface area contributed by atoms with Gasteiger partial charge in [0.25, 0.3) is 0 Å². The summed E-state index contributed by atoms with van der Waals surface area (Å²) in [5.41, 5.74) is 1.06. The Bertz CT molecular complexity index is 690. The third-order valence-electron chi connectivity index (χ3n) is 5.74. The zero-order valence-electron chi connectivity index (χ0n) is 18.9. The minimum atomic E-state index is -1.91. The zero-order chi connectivity index (χ0) is 21.7. The molecule has 2 rings (SSSR count). The molecule has 162 valence electrons. The summed E-state index contributed by atoms with van der Waals surface area (Å²) in [7, 11) is -0.258. The maximum atomic E-state index is 11.5. The molecular formula is C23H36O5Si. The van der Waals surface area contributed by atoms with Crippen LogP contribution in [-0.2, 0) is 25.3 Å². The highest BCUT2D eigenvalue weighted by molar-refractivity contribution is 6.74. The van der Waals surface area contributed by atoms with E-state index in [2.05, 4.69) is 33.9 Å². The average molecular weight is 421 g/mol. The third kappa shape index (κ3) is 7.06. The molecular weight excluding hydrogens is 384 g/mol. The lowest BCUT2D eigenvalue weighted by Crippen LogP contribution is -2.47. The molecule has 0 amide bonds. The number of hydrogen-bond acceptors (Lipinski definition) is 5. The van der Waals surface area contributed by atoms with Gasteiger partial charge in [0.05, 0.1) is 26.4 Å². The Kier molecular flexibility index (Phi) is 8.23. The van der Waals surface area contributed by atoms with E-state index in [9.17, 15) is 4.79 Å². The van der Waals surface area contributed by atoms with E-state index in [1.165, 1.54) is 0 Å². The van der Waals surface area contributed by atoms with Crippen molar-refractivity contribution < 1.29 is 23.4 Å². The van der Waals surface area contributed by atoms with Crippen LogP contribution in [0.15, 0.2) is 36.4 Å². The van der Waals surface area contributed by atoms with Crippen LogP contribution in [0.2, 0.25) is 18.1 Å². The molecule has 6 heteroatoms. The molecule has 29 heavy (non-hydrogen) atoms. The van der Waals surface area contributed by atoms with Crippen molar-refractivity contribution in [2.45, 2.75) is 77.2 Å². The van der Waals surface area contributed by atoms with Gasteiger partial charge in [-0.05, 0) is 42.8 Å². The van der Waals surface area contributed by atoms with Crippen LogP contribution in [0.3, 0.4) is 0 Å². The lowest BCUT2D eigenvalue weighted by molar-refractivity contribution is -0.127. The Labute approximate surface area is 176 Å². The largest absolute Gasteiger partial charge is 0.497 e. The van der Waals surface area contributed by atoms with E-state index in [0.717, 1.165) is 11.3 Å². The molecule has 0 radical (unpaired) electrons. The lowest BCUT2D eigenvalue weighted by atomic mass is 10.1. The topological polar surface area (TPSA) is 54.0 Å². The Balaban J connectivity index is 2.05. The first-order valence-electron chi connectivity index (χ1n) is 10.2. The summed E-state index contributed by atoms with van der Waals surface area (Å²) in [4.78, 5) is 11.5. The number of ketones is 1. The number of Topliss-reactive ketones (excluding diaryl/α,β-unsaturated/α-hetero) is 1. The van der Waals surface area contributed by atoms with Crippen molar-refractivity contribution in [3.05, 3.63) is 42.0 Å². The summed E-state index contributed by atoms with van der Waals surface area (Å²) >= 11 is 0. The minimum absolute atomic E-state index is 0.112. The summed E-state index contributed by atoms with van der Waals surface area (Å²) < 4.78 is 23.9. The van der Waals surface area contributed by atoms with Gasteiger partial charge in [-0.1, -0.05) is 45.1 Å². The molecule has 0 aromatic heterocycles. The van der Waals surface area contributed by atoms with Crippen LogP contribution in [0.5, 0.6) is 5.75 Å². The van der Waals surface area contributed by atoms with E-state index in [0.29, 0.717) is 19.6 Å². The normalized spacial score (nSPS) is 22.5. The van der Waals surface area contributed by atoms with Crippen LogP contribution < -0.4 is 4.74 Å². The van der Waals surface area contributed by atoms with E-state index >= 15 is 0 Å². The van der Waals surface area contributed by atoms with Crippen LogP contribution >= 0.6 is 0 Å². The van der Waals surface area contributed by atoms with Crippen molar-refractivity contribution in [1.82, 2.24) is 0 Å². The third-order valence-corrected chi connectivity index (χ3v) is 10.2. The van der Waals surface area contributed by atoms with Crippen molar-refractivity contribution in [3.63, 3.8) is 0 Å². The van der Waals surface area contributed by atoms with Crippen LogP contribution in [0.4, 0.5) is 0 Å². The SMILES string of the molecule is COc1ccc(COC2C=CC(CC(C)=O)OC2CO[Si](C)(C)C(C)(C)C)cc1. The van der Waals surface area contributed by atoms with Crippen molar-refractivity contribution >= 4 is 14.1 Å². The van der Waals surface area contributed by atoms with Gasteiger partial charge in [-0.25, -0.2) is 0 Å². The first-order chi connectivity index (χ1) is 13.5. The Morgan fingerprint density at radius 1 is 1.14 bits per heavy atom. The van der Waals surface area contributed by atoms with Crippen LogP contribution in [0, 0.1) is 0 Å². The molecule has 3 atom stereocenters. The van der Waals surface area contributed by atoms with Gasteiger partial charge in [0.1, 0.15) is 23.7 Å². The number of ether oxygens (including phenoxy) is 3. The van der Waals surface area contributed by atoms with Gasteiger partial charge in [-0.15, -0.1) is 0 Å². The second-order valence-electron chi connectivity index (χ2n) is 9.20. The number of carbonyl (C=O) groups is 1. The van der Waals surface area contributed by atoms with Crippen LogP contribution in [0.25, 0.3) is 0 Å². The predicted molar refractivity (Wildman–Crippen MR) is 118 cm³/mol. The predicted octanol–water partition coefficient (Wildman–Crippen LogP) is 4.90. The van der Waals surface area contributed by atoms with Crippen molar-refractivity contribution in [2.24, 2.45) is 0 Å². The number of carbonyl (C=O) groups excluding carboxylic acids is 1. The van der Waals surface area contributed by atoms with Gasteiger partial charge in [0.15, 0.2) is 8.32 Å². The van der Waals surface area contributed by atoms with Gasteiger partial charge in [0.2, 0.25) is 0 Å². The number of hydrogen-bond donors (Lipinski definition) is 0. The fourth-order valence-electron chi connectivity index (χ4n) is 2.82. The van der Waals surface area contributed by atoms with Crippen molar-refractivity contribution in [2.75, 3.05) is 13.7 Å². The summed E-state index contributed by atoms with van der Waals surface area (Å²) in [6.45, 7) is 13.6. The number of methoxy groups -OCH3 is 1. The average Bonchev–Trinajstić information content (AvgIpc) is 2.64.